The van der Waals surface area contributed by atoms with E-state index in [-0.39, 0.29) is 12.4 Å². The molecule has 2 aromatic rings. The zero-order valence-corrected chi connectivity index (χ0v) is 10.3. The molecule has 2 rings (SSSR count). The molecule has 17 heavy (non-hydrogen) atoms. The first kappa shape index (κ1) is 12.1. The third kappa shape index (κ3) is 2.87. The predicted octanol–water partition coefficient (Wildman–Crippen LogP) is 2.87. The van der Waals surface area contributed by atoms with E-state index in [0.29, 0.717) is 22.1 Å². The summed E-state index contributed by atoms with van der Waals surface area (Å²) in [4.78, 5) is 4.15. The van der Waals surface area contributed by atoms with E-state index in [9.17, 15) is 4.39 Å². The molecule has 0 spiro atoms. The van der Waals surface area contributed by atoms with Crippen molar-refractivity contribution in [3.05, 3.63) is 47.1 Å². The van der Waals surface area contributed by atoms with Crippen LogP contribution in [0.25, 0.3) is 0 Å². The molecule has 2 N–H and O–H groups in total. The van der Waals surface area contributed by atoms with Crippen molar-refractivity contribution in [2.75, 3.05) is 0 Å². The number of hydrogen-bond acceptors (Lipinski definition) is 4. The summed E-state index contributed by atoms with van der Waals surface area (Å²) in [5, 5.41) is 0.556. The molecule has 1 aromatic heterocycles. The molecular weight excluding hydrogens is 239 g/mol. The average molecular weight is 252 g/mol. The predicted molar refractivity (Wildman–Crippen MR) is 65.1 cm³/mol. The van der Waals surface area contributed by atoms with E-state index in [1.165, 1.54) is 11.8 Å². The molecule has 0 radical (unpaired) electrons. The SMILES string of the molecule is Cc1coc(SCc2cccc(CN)c2F)n1. The van der Waals surface area contributed by atoms with Crippen LogP contribution in [0, 0.1) is 12.7 Å². The Labute approximate surface area is 103 Å². The molecule has 0 unspecified atom stereocenters. The Hall–Kier alpha value is -1.33. The van der Waals surface area contributed by atoms with Gasteiger partial charge < -0.3 is 10.2 Å². The molecule has 0 saturated heterocycles. The van der Waals surface area contributed by atoms with Gasteiger partial charge in [0, 0.05) is 17.9 Å². The van der Waals surface area contributed by atoms with Crippen LogP contribution in [0.5, 0.6) is 0 Å². The Morgan fingerprint density at radius 1 is 1.41 bits per heavy atom. The van der Waals surface area contributed by atoms with Crippen molar-refractivity contribution in [2.24, 2.45) is 5.73 Å². The van der Waals surface area contributed by atoms with Gasteiger partial charge in [0.1, 0.15) is 12.1 Å². The number of aryl methyl sites for hydroxylation is 1. The quantitative estimate of drug-likeness (QED) is 0.850. The molecule has 0 fully saturated rings. The summed E-state index contributed by atoms with van der Waals surface area (Å²) in [6.45, 7) is 2.06. The van der Waals surface area contributed by atoms with Crippen LogP contribution in [-0.4, -0.2) is 4.98 Å². The molecular formula is C12H13FN2OS. The lowest BCUT2D eigenvalue weighted by Crippen LogP contribution is -2.02. The van der Waals surface area contributed by atoms with E-state index in [1.54, 1.807) is 18.4 Å². The van der Waals surface area contributed by atoms with Crippen LogP contribution in [0.1, 0.15) is 16.8 Å². The van der Waals surface area contributed by atoms with Gasteiger partial charge >= 0.3 is 0 Å². The largest absolute Gasteiger partial charge is 0.440 e. The van der Waals surface area contributed by atoms with Gasteiger partial charge in [-0.2, -0.15) is 0 Å². The first-order valence-electron chi connectivity index (χ1n) is 5.22. The van der Waals surface area contributed by atoms with Crippen molar-refractivity contribution in [3.8, 4) is 0 Å². The lowest BCUT2D eigenvalue weighted by molar-refractivity contribution is 0.454. The summed E-state index contributed by atoms with van der Waals surface area (Å²) in [5.41, 5.74) is 7.43. The van der Waals surface area contributed by atoms with E-state index in [0.717, 1.165) is 5.69 Å². The second-order valence-corrected chi connectivity index (χ2v) is 4.56. The van der Waals surface area contributed by atoms with Gasteiger partial charge in [-0.1, -0.05) is 30.0 Å². The summed E-state index contributed by atoms with van der Waals surface area (Å²) in [6.07, 6.45) is 1.58. The highest BCUT2D eigenvalue weighted by atomic mass is 32.2. The number of hydrogen-bond donors (Lipinski definition) is 1. The number of aromatic nitrogens is 1. The number of nitrogens with zero attached hydrogens (tertiary/aromatic N) is 1. The van der Waals surface area contributed by atoms with Gasteiger partial charge in [0.25, 0.3) is 5.22 Å². The smallest absolute Gasteiger partial charge is 0.256 e. The van der Waals surface area contributed by atoms with Gasteiger partial charge in [-0.25, -0.2) is 9.37 Å². The second kappa shape index (κ2) is 5.33. The molecule has 0 aliphatic heterocycles. The summed E-state index contributed by atoms with van der Waals surface area (Å²) >= 11 is 1.37. The number of halogens is 1. The lowest BCUT2D eigenvalue weighted by Gasteiger charge is -2.05. The molecule has 0 aliphatic rings. The molecule has 0 aliphatic carbocycles. The molecule has 1 heterocycles. The first-order valence-corrected chi connectivity index (χ1v) is 6.20. The second-order valence-electron chi connectivity index (χ2n) is 3.64. The van der Waals surface area contributed by atoms with E-state index in [4.69, 9.17) is 10.2 Å². The fourth-order valence-corrected chi connectivity index (χ4v) is 2.27. The highest BCUT2D eigenvalue weighted by Gasteiger charge is 2.09. The minimum atomic E-state index is -0.231. The van der Waals surface area contributed by atoms with Crippen LogP contribution < -0.4 is 5.73 Å². The fraction of sp³-hybridized carbons (Fsp3) is 0.250. The molecule has 5 heteroatoms. The molecule has 3 nitrogen and oxygen atoms in total. The maximum atomic E-state index is 13.8. The van der Waals surface area contributed by atoms with Gasteiger partial charge in [0.15, 0.2) is 0 Å². The lowest BCUT2D eigenvalue weighted by atomic mass is 10.1. The van der Waals surface area contributed by atoms with Crippen LogP contribution in [0.4, 0.5) is 4.39 Å². The summed E-state index contributed by atoms with van der Waals surface area (Å²) in [5.74, 6) is 0.255. The molecule has 1 aromatic carbocycles. The zero-order valence-electron chi connectivity index (χ0n) is 9.44. The van der Waals surface area contributed by atoms with Gasteiger partial charge in [-0.05, 0) is 12.5 Å². The monoisotopic (exact) mass is 252 g/mol. The van der Waals surface area contributed by atoms with Crippen LogP contribution in [-0.2, 0) is 12.3 Å². The standard InChI is InChI=1S/C12H13FN2OS/c1-8-6-16-12(15-8)17-7-10-4-2-3-9(5-14)11(10)13/h2-4,6H,5,7,14H2,1H3. The topological polar surface area (TPSA) is 52.0 Å². The Kier molecular flexibility index (Phi) is 3.81. The maximum absolute atomic E-state index is 13.8. The molecule has 90 valence electrons. The van der Waals surface area contributed by atoms with Crippen LogP contribution >= 0.6 is 11.8 Å². The van der Waals surface area contributed by atoms with Gasteiger partial charge in [-0.15, -0.1) is 0 Å². The number of thioether (sulfide) groups is 1. The minimum Gasteiger partial charge on any atom is -0.440 e. The van der Waals surface area contributed by atoms with Crippen LogP contribution in [0.2, 0.25) is 0 Å². The normalized spacial score (nSPS) is 10.8. The van der Waals surface area contributed by atoms with Crippen molar-refractivity contribution in [1.29, 1.82) is 0 Å². The molecule has 0 amide bonds. The number of benzene rings is 1. The third-order valence-corrected chi connectivity index (χ3v) is 3.22. The van der Waals surface area contributed by atoms with E-state index >= 15 is 0 Å². The Balaban J connectivity index is 2.09. The maximum Gasteiger partial charge on any atom is 0.256 e. The average Bonchev–Trinajstić information content (AvgIpc) is 2.74. The Morgan fingerprint density at radius 2 is 2.18 bits per heavy atom. The van der Waals surface area contributed by atoms with Crippen LogP contribution in [0.3, 0.4) is 0 Å². The minimum absolute atomic E-state index is 0.211. The summed E-state index contributed by atoms with van der Waals surface area (Å²) in [7, 11) is 0. The van der Waals surface area contributed by atoms with Gasteiger partial charge in [-0.3, -0.25) is 0 Å². The molecule has 0 atom stereocenters. The third-order valence-electron chi connectivity index (χ3n) is 2.33. The zero-order chi connectivity index (χ0) is 12.3. The summed E-state index contributed by atoms with van der Waals surface area (Å²) in [6, 6.07) is 5.25. The molecule has 0 saturated carbocycles. The summed E-state index contributed by atoms with van der Waals surface area (Å²) < 4.78 is 19.0. The highest BCUT2D eigenvalue weighted by molar-refractivity contribution is 7.98. The van der Waals surface area contributed by atoms with E-state index in [1.807, 2.05) is 13.0 Å². The number of rotatable bonds is 4. The van der Waals surface area contributed by atoms with Crippen molar-refractivity contribution >= 4 is 11.8 Å². The van der Waals surface area contributed by atoms with Crippen molar-refractivity contribution in [1.82, 2.24) is 4.98 Å². The first-order chi connectivity index (χ1) is 8.20. The number of nitrogens with two attached hydrogens (primary N) is 1. The Morgan fingerprint density at radius 3 is 2.82 bits per heavy atom. The van der Waals surface area contributed by atoms with E-state index < -0.39 is 0 Å². The van der Waals surface area contributed by atoms with Gasteiger partial charge in [0.05, 0.1) is 5.69 Å². The number of oxazole rings is 1. The van der Waals surface area contributed by atoms with Gasteiger partial charge in [0.2, 0.25) is 0 Å². The Bertz CT molecular complexity index is 513. The molecule has 0 bridgehead atoms. The highest BCUT2D eigenvalue weighted by Crippen LogP contribution is 2.24. The fourth-order valence-electron chi connectivity index (χ4n) is 1.44. The van der Waals surface area contributed by atoms with Crippen molar-refractivity contribution in [3.63, 3.8) is 0 Å². The van der Waals surface area contributed by atoms with Crippen molar-refractivity contribution in [2.45, 2.75) is 24.4 Å². The van der Waals surface area contributed by atoms with Crippen LogP contribution in [0.15, 0.2) is 34.1 Å². The van der Waals surface area contributed by atoms with Crippen molar-refractivity contribution < 1.29 is 8.81 Å². The van der Waals surface area contributed by atoms with E-state index in [2.05, 4.69) is 4.98 Å².